The molecule has 1 saturated heterocycles. The number of rotatable bonds is 7. The van der Waals surface area contributed by atoms with Gasteiger partial charge < -0.3 is 19.2 Å². The van der Waals surface area contributed by atoms with Gasteiger partial charge in [0.05, 0.1) is 24.0 Å². The van der Waals surface area contributed by atoms with Crippen LogP contribution in [0.2, 0.25) is 0 Å². The molecule has 0 saturated carbocycles. The maximum Gasteiger partial charge on any atom is 0.262 e. The largest absolute Gasteiger partial charge is 0.354 e. The highest BCUT2D eigenvalue weighted by molar-refractivity contribution is 5.77. The Kier molecular flexibility index (Phi) is 6.37. The molecule has 0 amide bonds. The van der Waals surface area contributed by atoms with Gasteiger partial charge in [-0.1, -0.05) is 35.5 Å². The van der Waals surface area contributed by atoms with Crippen molar-refractivity contribution in [1.82, 2.24) is 34.7 Å². The number of anilines is 1. The Morgan fingerprint density at radius 1 is 1.00 bits per heavy atom. The van der Waals surface area contributed by atoms with Crippen molar-refractivity contribution in [2.75, 3.05) is 58.8 Å². The van der Waals surface area contributed by atoms with Gasteiger partial charge in [-0.25, -0.2) is 4.98 Å². The van der Waals surface area contributed by atoms with Crippen molar-refractivity contribution in [3.8, 4) is 34.1 Å². The summed E-state index contributed by atoms with van der Waals surface area (Å²) in [4.78, 5) is 16.1. The van der Waals surface area contributed by atoms with Gasteiger partial charge in [-0.3, -0.25) is 4.68 Å². The number of benzene rings is 1. The van der Waals surface area contributed by atoms with Gasteiger partial charge in [0.1, 0.15) is 5.82 Å². The smallest absolute Gasteiger partial charge is 0.262 e. The number of hydrogen-bond donors (Lipinski definition) is 0. The molecule has 9 heteroatoms. The quantitative estimate of drug-likeness (QED) is 0.418. The summed E-state index contributed by atoms with van der Waals surface area (Å²) < 4.78 is 7.75. The number of pyridine rings is 1. The first-order chi connectivity index (χ1) is 16.6. The van der Waals surface area contributed by atoms with Crippen molar-refractivity contribution in [1.29, 1.82) is 0 Å². The van der Waals surface area contributed by atoms with Crippen LogP contribution in [0.5, 0.6) is 0 Å². The average molecular weight is 459 g/mol. The summed E-state index contributed by atoms with van der Waals surface area (Å²) in [5.74, 6) is 1.95. The van der Waals surface area contributed by atoms with Gasteiger partial charge in [-0.2, -0.15) is 10.1 Å². The van der Waals surface area contributed by atoms with Gasteiger partial charge in [-0.15, -0.1) is 0 Å². The minimum absolute atomic E-state index is 0.461. The second kappa shape index (κ2) is 9.74. The van der Waals surface area contributed by atoms with Crippen molar-refractivity contribution in [3.05, 3.63) is 54.9 Å². The summed E-state index contributed by atoms with van der Waals surface area (Å²) in [6.07, 6.45) is 3.63. The van der Waals surface area contributed by atoms with Crippen LogP contribution in [0.3, 0.4) is 0 Å². The van der Waals surface area contributed by atoms with Crippen LogP contribution >= 0.6 is 0 Å². The highest BCUT2D eigenvalue weighted by Crippen LogP contribution is 2.32. The molecule has 1 fully saturated rings. The van der Waals surface area contributed by atoms with E-state index < -0.39 is 0 Å². The summed E-state index contributed by atoms with van der Waals surface area (Å²) in [5.41, 5.74) is 3.76. The molecule has 0 bridgehead atoms. The molecule has 5 rings (SSSR count). The molecule has 0 N–H and O–H groups in total. The molecule has 0 spiro atoms. The maximum absolute atomic E-state index is 5.74. The Bertz CT molecular complexity index is 1220. The zero-order valence-electron chi connectivity index (χ0n) is 19.9. The minimum Gasteiger partial charge on any atom is -0.354 e. The van der Waals surface area contributed by atoms with Gasteiger partial charge in [-0.05, 0) is 33.3 Å². The predicted octanol–water partition coefficient (Wildman–Crippen LogP) is 2.98. The molecule has 0 unspecified atom stereocenters. The third kappa shape index (κ3) is 4.71. The second-order valence-corrected chi connectivity index (χ2v) is 8.92. The van der Waals surface area contributed by atoms with Crippen LogP contribution in [0.25, 0.3) is 34.1 Å². The summed E-state index contributed by atoms with van der Waals surface area (Å²) in [5, 5.41) is 8.94. The Hall–Kier alpha value is -3.56. The normalized spacial score (nSPS) is 14.8. The number of likely N-dealkylation sites (N-methyl/N-ethyl adjacent to an activating group) is 2. The minimum atomic E-state index is 0.461. The molecule has 3 aromatic heterocycles. The summed E-state index contributed by atoms with van der Waals surface area (Å²) in [6.45, 7) is 5.60. The zero-order valence-corrected chi connectivity index (χ0v) is 19.9. The molecule has 0 atom stereocenters. The van der Waals surface area contributed by atoms with Crippen LogP contribution in [-0.2, 0) is 6.54 Å². The van der Waals surface area contributed by atoms with E-state index in [9.17, 15) is 0 Å². The lowest BCUT2D eigenvalue weighted by atomic mass is 10.1. The Balaban J connectivity index is 1.46. The molecule has 0 radical (unpaired) electrons. The predicted molar refractivity (Wildman–Crippen MR) is 132 cm³/mol. The van der Waals surface area contributed by atoms with E-state index in [0.717, 1.165) is 67.5 Å². The van der Waals surface area contributed by atoms with Crippen LogP contribution in [0.1, 0.15) is 0 Å². The third-order valence-electron chi connectivity index (χ3n) is 6.13. The van der Waals surface area contributed by atoms with Crippen molar-refractivity contribution >= 4 is 5.82 Å². The van der Waals surface area contributed by atoms with Crippen molar-refractivity contribution in [3.63, 3.8) is 0 Å². The number of piperazine rings is 1. The average Bonchev–Trinajstić information content (AvgIpc) is 3.51. The number of aromatic nitrogens is 5. The first-order valence-corrected chi connectivity index (χ1v) is 11.6. The third-order valence-corrected chi connectivity index (χ3v) is 6.13. The Morgan fingerprint density at radius 2 is 1.79 bits per heavy atom. The molecule has 34 heavy (non-hydrogen) atoms. The van der Waals surface area contributed by atoms with Crippen molar-refractivity contribution in [2.45, 2.75) is 6.54 Å². The molecule has 1 aliphatic heterocycles. The molecular formula is C25H30N8O. The Labute approximate surface area is 199 Å². The highest BCUT2D eigenvalue weighted by Gasteiger charge is 2.21. The topological polar surface area (TPSA) is 79.4 Å². The molecule has 176 valence electrons. The SMILES string of the molecule is CN(C)CCn1ncc(-c2nc(-c3ccnc(N4CCN(C)CC4)c3)no2)c1-c1ccccc1. The standard InChI is InChI=1S/C25H30N8O/c1-30(2)11-16-33-23(19-7-5-4-6-8-19)21(18-27-33)25-28-24(29-34-25)20-9-10-26-22(17-20)32-14-12-31(3)13-15-32/h4-10,17-18H,11-16H2,1-3H3. The van der Waals surface area contributed by atoms with Crippen LogP contribution in [0, 0.1) is 0 Å². The van der Waals surface area contributed by atoms with E-state index in [0.29, 0.717) is 11.7 Å². The summed E-state index contributed by atoms with van der Waals surface area (Å²) >= 11 is 0. The van der Waals surface area contributed by atoms with Crippen LogP contribution in [0.15, 0.2) is 59.4 Å². The monoisotopic (exact) mass is 458 g/mol. The first kappa shape index (κ1) is 22.2. The number of nitrogens with zero attached hydrogens (tertiary/aromatic N) is 8. The summed E-state index contributed by atoms with van der Waals surface area (Å²) in [7, 11) is 6.26. The van der Waals surface area contributed by atoms with Crippen molar-refractivity contribution in [2.24, 2.45) is 0 Å². The van der Waals surface area contributed by atoms with Crippen LogP contribution in [0.4, 0.5) is 5.82 Å². The lowest BCUT2D eigenvalue weighted by molar-refractivity contribution is 0.312. The molecule has 9 nitrogen and oxygen atoms in total. The molecule has 0 aliphatic carbocycles. The molecule has 1 aliphatic rings. The van der Waals surface area contributed by atoms with E-state index in [-0.39, 0.29) is 0 Å². The fourth-order valence-electron chi connectivity index (χ4n) is 4.12. The van der Waals surface area contributed by atoms with Gasteiger partial charge in [0.2, 0.25) is 5.82 Å². The molecular weight excluding hydrogens is 428 g/mol. The maximum atomic E-state index is 5.74. The van der Waals surface area contributed by atoms with E-state index in [1.807, 2.05) is 47.4 Å². The van der Waals surface area contributed by atoms with Gasteiger partial charge in [0.25, 0.3) is 5.89 Å². The zero-order chi connectivity index (χ0) is 23.5. The van der Waals surface area contributed by atoms with E-state index in [1.54, 1.807) is 0 Å². The Morgan fingerprint density at radius 3 is 2.56 bits per heavy atom. The van der Waals surface area contributed by atoms with Crippen LogP contribution in [-0.4, -0.2) is 88.6 Å². The van der Waals surface area contributed by atoms with Gasteiger partial charge in [0, 0.05) is 50.0 Å². The second-order valence-electron chi connectivity index (χ2n) is 8.92. The van der Waals surface area contributed by atoms with E-state index >= 15 is 0 Å². The van der Waals surface area contributed by atoms with E-state index in [4.69, 9.17) is 9.51 Å². The van der Waals surface area contributed by atoms with Gasteiger partial charge >= 0.3 is 0 Å². The molecule has 4 aromatic rings. The fraction of sp³-hybridized carbons (Fsp3) is 0.360. The lowest BCUT2D eigenvalue weighted by Crippen LogP contribution is -2.44. The first-order valence-electron chi connectivity index (χ1n) is 11.6. The molecule has 4 heterocycles. The van der Waals surface area contributed by atoms with E-state index in [2.05, 4.69) is 63.2 Å². The summed E-state index contributed by atoms with van der Waals surface area (Å²) in [6, 6.07) is 14.2. The van der Waals surface area contributed by atoms with E-state index in [1.165, 1.54) is 0 Å². The van der Waals surface area contributed by atoms with Crippen LogP contribution < -0.4 is 4.90 Å². The van der Waals surface area contributed by atoms with Crippen molar-refractivity contribution < 1.29 is 4.52 Å². The molecule has 1 aromatic carbocycles. The lowest BCUT2D eigenvalue weighted by Gasteiger charge is -2.33. The highest BCUT2D eigenvalue weighted by atomic mass is 16.5. The fourth-order valence-corrected chi connectivity index (χ4v) is 4.12. The van der Waals surface area contributed by atoms with Gasteiger partial charge in [0.15, 0.2) is 0 Å². The number of hydrogen-bond acceptors (Lipinski definition) is 8.